The van der Waals surface area contributed by atoms with Crippen molar-refractivity contribution >= 4 is 27.5 Å². The number of thiazole rings is 1. The van der Waals surface area contributed by atoms with E-state index in [0.717, 1.165) is 21.3 Å². The molecule has 0 saturated carbocycles. The molecule has 2 heterocycles. The molecule has 1 fully saturated rings. The minimum Gasteiger partial charge on any atom is -0.378 e. The summed E-state index contributed by atoms with van der Waals surface area (Å²) in [6.45, 7) is 3.56. The molecule has 3 aromatic rings. The molecule has 0 bridgehead atoms. The van der Waals surface area contributed by atoms with Crippen LogP contribution in [0.4, 0.5) is 0 Å². The van der Waals surface area contributed by atoms with Crippen molar-refractivity contribution in [2.45, 2.75) is 18.8 Å². The van der Waals surface area contributed by atoms with Crippen LogP contribution in [-0.2, 0) is 9.53 Å². The number of benzene rings is 2. The molecule has 1 aliphatic rings. The average molecular weight is 426 g/mol. The zero-order chi connectivity index (χ0) is 21.1. The van der Waals surface area contributed by atoms with E-state index in [-0.39, 0.29) is 17.4 Å². The van der Waals surface area contributed by atoms with Gasteiger partial charge in [0.05, 0.1) is 29.3 Å². The van der Waals surface area contributed by atoms with E-state index in [9.17, 15) is 14.9 Å². The average Bonchev–Trinajstić information content (AvgIpc) is 3.18. The lowest BCUT2D eigenvalue weighted by atomic mass is 9.84. The monoisotopic (exact) mass is 425 g/mol. The predicted octanol–water partition coefficient (Wildman–Crippen LogP) is 3.61. The van der Waals surface area contributed by atoms with Gasteiger partial charge >= 0.3 is 0 Å². The number of carbonyl (C=O) groups excluding carboxylic acids is 1. The summed E-state index contributed by atoms with van der Waals surface area (Å²) >= 11 is 1.44. The Hall–Kier alpha value is -2.84. The lowest BCUT2D eigenvalue weighted by Crippen LogP contribution is -2.45. The molecular formula is C22H23N3O4S. The number of nitrogens with zero attached hydrogens (tertiary/aromatic N) is 3. The number of amides is 1. The Labute approximate surface area is 178 Å². The van der Waals surface area contributed by atoms with Gasteiger partial charge in [-0.2, -0.15) is 0 Å². The molecule has 156 valence electrons. The maximum Gasteiger partial charge on any atom is 0.233 e. The zero-order valence-corrected chi connectivity index (χ0v) is 17.5. The summed E-state index contributed by atoms with van der Waals surface area (Å²) in [4.78, 5) is 31.4. The first-order valence-corrected chi connectivity index (χ1v) is 10.7. The maximum absolute atomic E-state index is 13.7. The van der Waals surface area contributed by atoms with Crippen molar-refractivity contribution in [2.75, 3.05) is 32.8 Å². The number of hydrogen-bond acceptors (Lipinski definition) is 6. The second kappa shape index (κ2) is 8.89. The van der Waals surface area contributed by atoms with Crippen LogP contribution in [0.5, 0.6) is 0 Å². The highest BCUT2D eigenvalue weighted by molar-refractivity contribution is 7.18. The number of ether oxygens (including phenoxy) is 1. The summed E-state index contributed by atoms with van der Waals surface area (Å²) in [5, 5.41) is 12.2. The first-order valence-electron chi connectivity index (χ1n) is 9.93. The number of aromatic nitrogens is 1. The largest absolute Gasteiger partial charge is 0.378 e. The van der Waals surface area contributed by atoms with E-state index < -0.39 is 11.8 Å². The van der Waals surface area contributed by atoms with Gasteiger partial charge in [0.2, 0.25) is 12.5 Å². The Morgan fingerprint density at radius 2 is 1.90 bits per heavy atom. The fourth-order valence-electron chi connectivity index (χ4n) is 3.83. The molecule has 1 aliphatic heterocycles. The van der Waals surface area contributed by atoms with E-state index in [1.807, 2.05) is 55.5 Å². The molecule has 30 heavy (non-hydrogen) atoms. The van der Waals surface area contributed by atoms with E-state index in [4.69, 9.17) is 9.72 Å². The molecule has 1 saturated heterocycles. The molecule has 0 unspecified atom stereocenters. The normalized spacial score (nSPS) is 16.4. The van der Waals surface area contributed by atoms with Crippen LogP contribution in [0.1, 0.15) is 28.0 Å². The number of para-hydroxylation sites is 1. The standard InChI is InChI=1S/C22H23N3O4S/c1-15-6-8-16(9-7-15)17(14-25(27)28)20(22(26)24-10-12-29-13-11-24)21-23-18-4-2-3-5-19(18)30-21/h2-9,17,20H,10-14H2,1H3/t17-,20+/m0/s1. The summed E-state index contributed by atoms with van der Waals surface area (Å²) in [5.74, 6) is -1.44. The highest BCUT2D eigenvalue weighted by Crippen LogP contribution is 2.39. The van der Waals surface area contributed by atoms with Gasteiger partial charge in [0, 0.05) is 18.0 Å². The first kappa shape index (κ1) is 20.4. The number of fused-ring (bicyclic) bond motifs is 1. The molecule has 1 amide bonds. The number of nitro groups is 1. The SMILES string of the molecule is Cc1ccc([C@H](C[N+](=O)[O-])[C@@H](C(=O)N2CCOCC2)c2nc3ccccc3s2)cc1. The Morgan fingerprint density at radius 3 is 2.57 bits per heavy atom. The van der Waals surface area contributed by atoms with E-state index in [1.54, 1.807) is 4.90 Å². The van der Waals surface area contributed by atoms with Gasteiger partial charge in [0.15, 0.2) is 0 Å². The molecule has 0 aliphatic carbocycles. The van der Waals surface area contributed by atoms with Gasteiger partial charge in [0.1, 0.15) is 10.9 Å². The maximum atomic E-state index is 13.7. The Morgan fingerprint density at radius 1 is 1.20 bits per heavy atom. The number of carbonyl (C=O) groups is 1. The smallest absolute Gasteiger partial charge is 0.233 e. The highest BCUT2D eigenvalue weighted by atomic mass is 32.1. The minimum atomic E-state index is -0.714. The summed E-state index contributed by atoms with van der Waals surface area (Å²) in [6.07, 6.45) is 0. The van der Waals surface area contributed by atoms with Gasteiger partial charge < -0.3 is 9.64 Å². The molecule has 8 heteroatoms. The fourth-order valence-corrected chi connectivity index (χ4v) is 4.96. The summed E-state index contributed by atoms with van der Waals surface area (Å²) in [6, 6.07) is 15.3. The molecule has 0 spiro atoms. The van der Waals surface area contributed by atoms with Gasteiger partial charge in [-0.1, -0.05) is 42.0 Å². The first-order chi connectivity index (χ1) is 14.5. The van der Waals surface area contributed by atoms with E-state index in [1.165, 1.54) is 11.3 Å². The molecule has 2 atom stereocenters. The van der Waals surface area contributed by atoms with E-state index in [2.05, 4.69) is 0 Å². The molecule has 1 aromatic heterocycles. The van der Waals surface area contributed by atoms with Crippen LogP contribution < -0.4 is 0 Å². The Kier molecular flexibility index (Phi) is 6.06. The predicted molar refractivity (Wildman–Crippen MR) is 116 cm³/mol. The van der Waals surface area contributed by atoms with Crippen molar-refractivity contribution < 1.29 is 14.5 Å². The van der Waals surface area contributed by atoms with Crippen LogP contribution in [0.15, 0.2) is 48.5 Å². The van der Waals surface area contributed by atoms with Gasteiger partial charge in [-0.15, -0.1) is 11.3 Å². The lowest BCUT2D eigenvalue weighted by Gasteiger charge is -2.32. The second-order valence-corrected chi connectivity index (χ2v) is 8.53. The quantitative estimate of drug-likeness (QED) is 0.445. The number of rotatable bonds is 6. The third-order valence-electron chi connectivity index (χ3n) is 5.42. The molecule has 0 radical (unpaired) electrons. The van der Waals surface area contributed by atoms with Gasteiger partial charge in [0.25, 0.3) is 0 Å². The van der Waals surface area contributed by atoms with E-state index in [0.29, 0.717) is 31.3 Å². The van der Waals surface area contributed by atoms with Crippen LogP contribution in [0, 0.1) is 17.0 Å². The van der Waals surface area contributed by atoms with Crippen molar-refractivity contribution in [3.05, 3.63) is 74.8 Å². The van der Waals surface area contributed by atoms with Crippen LogP contribution in [0.25, 0.3) is 10.2 Å². The van der Waals surface area contributed by atoms with Gasteiger partial charge in [-0.05, 0) is 24.6 Å². The van der Waals surface area contributed by atoms with Crippen molar-refractivity contribution in [1.29, 1.82) is 0 Å². The molecular weight excluding hydrogens is 402 g/mol. The van der Waals surface area contributed by atoms with Crippen LogP contribution in [-0.4, -0.2) is 53.6 Å². The summed E-state index contributed by atoms with van der Waals surface area (Å²) in [5.41, 5.74) is 2.65. The van der Waals surface area contributed by atoms with Crippen molar-refractivity contribution in [3.63, 3.8) is 0 Å². The van der Waals surface area contributed by atoms with Crippen molar-refractivity contribution in [1.82, 2.24) is 9.88 Å². The van der Waals surface area contributed by atoms with Crippen LogP contribution in [0.2, 0.25) is 0 Å². The second-order valence-electron chi connectivity index (χ2n) is 7.47. The summed E-state index contributed by atoms with van der Waals surface area (Å²) < 4.78 is 6.36. The molecule has 0 N–H and O–H groups in total. The third-order valence-corrected chi connectivity index (χ3v) is 6.54. The number of aryl methyl sites for hydroxylation is 1. The van der Waals surface area contributed by atoms with Crippen LogP contribution in [0.3, 0.4) is 0 Å². The highest BCUT2D eigenvalue weighted by Gasteiger charge is 2.39. The molecule has 4 rings (SSSR count). The minimum absolute atomic E-state index is 0.121. The fraction of sp³-hybridized carbons (Fsp3) is 0.364. The van der Waals surface area contributed by atoms with E-state index >= 15 is 0 Å². The zero-order valence-electron chi connectivity index (χ0n) is 16.7. The number of morpholine rings is 1. The topological polar surface area (TPSA) is 85.6 Å². The van der Waals surface area contributed by atoms with Crippen molar-refractivity contribution in [3.8, 4) is 0 Å². The molecule has 2 aromatic carbocycles. The van der Waals surface area contributed by atoms with Gasteiger partial charge in [-0.3, -0.25) is 14.9 Å². The molecule has 7 nitrogen and oxygen atoms in total. The van der Waals surface area contributed by atoms with Gasteiger partial charge in [-0.25, -0.2) is 4.98 Å². The third kappa shape index (κ3) is 4.34. The lowest BCUT2D eigenvalue weighted by molar-refractivity contribution is -0.483. The number of hydrogen-bond donors (Lipinski definition) is 0. The van der Waals surface area contributed by atoms with Crippen molar-refractivity contribution in [2.24, 2.45) is 0 Å². The van der Waals surface area contributed by atoms with Crippen LogP contribution >= 0.6 is 11.3 Å². The Bertz CT molecular complexity index is 1010. The summed E-state index contributed by atoms with van der Waals surface area (Å²) in [7, 11) is 0. The Balaban J connectivity index is 1.81.